The first-order valence-electron chi connectivity index (χ1n) is 4.93. The van der Waals surface area contributed by atoms with Crippen LogP contribution in [-0.2, 0) is 4.79 Å². The second-order valence-corrected chi connectivity index (χ2v) is 3.57. The summed E-state index contributed by atoms with van der Waals surface area (Å²) in [5, 5.41) is 9.02. The van der Waals surface area contributed by atoms with Crippen LogP contribution in [0, 0.1) is 0 Å². The number of nitrogens with zero attached hydrogens (tertiary/aromatic N) is 1. The summed E-state index contributed by atoms with van der Waals surface area (Å²) in [7, 11) is 0. The molecule has 5 heteroatoms. The van der Waals surface area contributed by atoms with Gasteiger partial charge in [0.2, 0.25) is 0 Å². The van der Waals surface area contributed by atoms with Gasteiger partial charge in [0.25, 0.3) is 0 Å². The summed E-state index contributed by atoms with van der Waals surface area (Å²) in [4.78, 5) is 12.6. The molecule has 0 radical (unpaired) electrons. The molecule has 0 bridgehead atoms. The maximum Gasteiger partial charge on any atom is 0.321 e. The Balaban J connectivity index is 4.64. The largest absolute Gasteiger partial charge is 0.480 e. The van der Waals surface area contributed by atoms with Crippen molar-refractivity contribution in [1.82, 2.24) is 4.90 Å². The molecule has 0 saturated carbocycles. The van der Waals surface area contributed by atoms with Crippen LogP contribution in [0.1, 0.15) is 33.6 Å². The predicted octanol–water partition coefficient (Wildman–Crippen LogP) is 0.151. The van der Waals surface area contributed by atoms with Gasteiger partial charge < -0.3 is 16.6 Å². The number of hydrogen-bond acceptors (Lipinski definition) is 4. The Kier molecular flexibility index (Phi) is 5.68. The van der Waals surface area contributed by atoms with E-state index in [1.165, 1.54) is 0 Å². The third kappa shape index (κ3) is 3.61. The van der Waals surface area contributed by atoms with Crippen molar-refractivity contribution in [3.63, 3.8) is 0 Å². The number of carboxylic acid groups (broad SMARTS) is 1. The monoisotopic (exact) mass is 203 g/mol. The highest BCUT2D eigenvalue weighted by molar-refractivity contribution is 5.73. The fourth-order valence-electron chi connectivity index (χ4n) is 1.61. The van der Waals surface area contributed by atoms with Crippen molar-refractivity contribution < 1.29 is 9.90 Å². The normalized spacial score (nSPS) is 17.9. The first kappa shape index (κ1) is 13.4. The number of hydrogen-bond donors (Lipinski definition) is 3. The summed E-state index contributed by atoms with van der Waals surface area (Å²) in [6.07, 6.45) is 0.677. The van der Waals surface area contributed by atoms with E-state index in [0.29, 0.717) is 6.42 Å². The Labute approximate surface area is 85.1 Å². The molecule has 0 aromatic carbocycles. The van der Waals surface area contributed by atoms with E-state index >= 15 is 0 Å². The first-order valence-corrected chi connectivity index (χ1v) is 4.93. The van der Waals surface area contributed by atoms with E-state index in [4.69, 9.17) is 16.6 Å². The lowest BCUT2D eigenvalue weighted by atomic mass is 10.1. The molecule has 0 saturated heterocycles. The zero-order chi connectivity index (χ0) is 11.3. The quantitative estimate of drug-likeness (QED) is 0.534. The topological polar surface area (TPSA) is 92.6 Å². The maximum atomic E-state index is 11.0. The molecule has 0 aliphatic rings. The SMILES string of the molecule is CCCC(C(=O)O)N(C(C)N)C(C)N. The summed E-state index contributed by atoms with van der Waals surface area (Å²) in [6.45, 7) is 5.43. The summed E-state index contributed by atoms with van der Waals surface area (Å²) in [5.74, 6) is -0.860. The average molecular weight is 203 g/mol. The Morgan fingerprint density at radius 1 is 1.36 bits per heavy atom. The molecule has 0 aromatic rings. The Bertz CT molecular complexity index is 175. The molecule has 0 aliphatic carbocycles. The number of aliphatic carboxylic acids is 1. The van der Waals surface area contributed by atoms with Crippen LogP contribution >= 0.6 is 0 Å². The fraction of sp³-hybridized carbons (Fsp3) is 0.889. The van der Waals surface area contributed by atoms with Crippen molar-refractivity contribution in [3.8, 4) is 0 Å². The predicted molar refractivity (Wildman–Crippen MR) is 55.5 cm³/mol. The van der Waals surface area contributed by atoms with Crippen LogP contribution in [0.25, 0.3) is 0 Å². The van der Waals surface area contributed by atoms with Gasteiger partial charge in [-0.3, -0.25) is 9.69 Å². The highest BCUT2D eigenvalue weighted by Gasteiger charge is 2.29. The van der Waals surface area contributed by atoms with Gasteiger partial charge in [-0.15, -0.1) is 0 Å². The van der Waals surface area contributed by atoms with Gasteiger partial charge in [-0.1, -0.05) is 13.3 Å². The number of nitrogens with two attached hydrogens (primary N) is 2. The molecule has 0 fully saturated rings. The van der Waals surface area contributed by atoms with Crippen molar-refractivity contribution in [2.45, 2.75) is 52.0 Å². The van der Waals surface area contributed by atoms with Gasteiger partial charge in [-0.25, -0.2) is 0 Å². The van der Waals surface area contributed by atoms with Crippen LogP contribution in [0.2, 0.25) is 0 Å². The number of rotatable bonds is 6. The van der Waals surface area contributed by atoms with Crippen molar-refractivity contribution in [1.29, 1.82) is 0 Å². The molecule has 84 valence electrons. The smallest absolute Gasteiger partial charge is 0.321 e. The third-order valence-corrected chi connectivity index (χ3v) is 2.15. The van der Waals surface area contributed by atoms with Crippen LogP contribution in [0.3, 0.4) is 0 Å². The summed E-state index contributed by atoms with van der Waals surface area (Å²) >= 11 is 0. The van der Waals surface area contributed by atoms with E-state index in [9.17, 15) is 4.79 Å². The standard InChI is InChI=1S/C9H21N3O2/c1-4-5-8(9(13)14)12(6(2)10)7(3)11/h6-8H,4-5,10-11H2,1-3H3,(H,13,14). The van der Waals surface area contributed by atoms with E-state index in [0.717, 1.165) is 6.42 Å². The second kappa shape index (κ2) is 5.95. The van der Waals surface area contributed by atoms with Crippen molar-refractivity contribution in [2.24, 2.45) is 11.5 Å². The molecular weight excluding hydrogens is 182 g/mol. The zero-order valence-corrected chi connectivity index (χ0v) is 9.10. The van der Waals surface area contributed by atoms with Crippen molar-refractivity contribution in [2.75, 3.05) is 0 Å². The van der Waals surface area contributed by atoms with Gasteiger partial charge in [-0.05, 0) is 20.3 Å². The zero-order valence-electron chi connectivity index (χ0n) is 9.10. The molecule has 5 N–H and O–H groups in total. The lowest BCUT2D eigenvalue weighted by Gasteiger charge is -2.34. The third-order valence-electron chi connectivity index (χ3n) is 2.15. The van der Waals surface area contributed by atoms with Crippen molar-refractivity contribution in [3.05, 3.63) is 0 Å². The van der Waals surface area contributed by atoms with E-state index < -0.39 is 12.0 Å². The minimum atomic E-state index is -0.860. The first-order chi connectivity index (χ1) is 6.41. The highest BCUT2D eigenvalue weighted by atomic mass is 16.4. The second-order valence-electron chi connectivity index (χ2n) is 3.57. The average Bonchev–Trinajstić information content (AvgIpc) is 2.01. The van der Waals surface area contributed by atoms with E-state index in [1.54, 1.807) is 18.7 Å². The maximum absolute atomic E-state index is 11.0. The van der Waals surface area contributed by atoms with E-state index in [-0.39, 0.29) is 12.3 Å². The summed E-state index contributed by atoms with van der Waals surface area (Å²) < 4.78 is 0. The Morgan fingerprint density at radius 3 is 2.00 bits per heavy atom. The molecule has 0 heterocycles. The molecule has 5 nitrogen and oxygen atoms in total. The number of carboxylic acids is 1. The van der Waals surface area contributed by atoms with Gasteiger partial charge in [0.1, 0.15) is 6.04 Å². The lowest BCUT2D eigenvalue weighted by Crippen LogP contribution is -2.56. The molecule has 3 unspecified atom stereocenters. The van der Waals surface area contributed by atoms with Gasteiger partial charge in [0.05, 0.1) is 12.3 Å². The Hall–Kier alpha value is -0.650. The molecule has 0 rings (SSSR count). The van der Waals surface area contributed by atoms with Crippen LogP contribution in [0.15, 0.2) is 0 Å². The molecule has 0 aliphatic heterocycles. The van der Waals surface area contributed by atoms with Crippen LogP contribution in [0.4, 0.5) is 0 Å². The summed E-state index contributed by atoms with van der Waals surface area (Å²) in [5.41, 5.74) is 11.4. The van der Waals surface area contributed by atoms with E-state index in [1.807, 2.05) is 6.92 Å². The Morgan fingerprint density at radius 2 is 1.79 bits per heavy atom. The van der Waals surface area contributed by atoms with Crippen molar-refractivity contribution >= 4 is 5.97 Å². The lowest BCUT2D eigenvalue weighted by molar-refractivity contribution is -0.145. The highest BCUT2D eigenvalue weighted by Crippen LogP contribution is 2.11. The minimum absolute atomic E-state index is 0.345. The van der Waals surface area contributed by atoms with Gasteiger partial charge in [-0.2, -0.15) is 0 Å². The van der Waals surface area contributed by atoms with Gasteiger partial charge >= 0.3 is 5.97 Å². The van der Waals surface area contributed by atoms with Gasteiger partial charge in [0.15, 0.2) is 0 Å². The molecule has 3 atom stereocenters. The molecule has 0 spiro atoms. The summed E-state index contributed by atoms with van der Waals surface area (Å²) in [6, 6.07) is -0.583. The van der Waals surface area contributed by atoms with Gasteiger partial charge in [0, 0.05) is 0 Å². The van der Waals surface area contributed by atoms with Crippen LogP contribution < -0.4 is 11.5 Å². The van der Waals surface area contributed by atoms with Crippen LogP contribution in [-0.4, -0.2) is 34.3 Å². The molecule has 0 aromatic heterocycles. The van der Waals surface area contributed by atoms with E-state index in [2.05, 4.69) is 0 Å². The van der Waals surface area contributed by atoms with Crippen LogP contribution in [0.5, 0.6) is 0 Å². The molecule has 0 amide bonds. The number of carbonyl (C=O) groups is 1. The fourth-order valence-corrected chi connectivity index (χ4v) is 1.61. The molecule has 14 heavy (non-hydrogen) atoms. The molecular formula is C9H21N3O2. The minimum Gasteiger partial charge on any atom is -0.480 e.